The van der Waals surface area contributed by atoms with E-state index in [-0.39, 0.29) is 17.6 Å². The van der Waals surface area contributed by atoms with E-state index in [0.717, 1.165) is 11.1 Å². The molecule has 1 aromatic rings. The van der Waals surface area contributed by atoms with Crippen LogP contribution in [0.3, 0.4) is 0 Å². The van der Waals surface area contributed by atoms with E-state index in [2.05, 4.69) is 37.8 Å². The fourth-order valence-corrected chi connectivity index (χ4v) is 4.22. The van der Waals surface area contributed by atoms with Crippen LogP contribution in [0.4, 0.5) is 0 Å². The molecule has 0 aromatic heterocycles. The van der Waals surface area contributed by atoms with E-state index in [9.17, 15) is 0 Å². The summed E-state index contributed by atoms with van der Waals surface area (Å²) in [5.41, 5.74) is 2.01. The molecule has 1 aromatic carbocycles. The molecule has 2 atom stereocenters. The van der Waals surface area contributed by atoms with Crippen LogP contribution in [-0.2, 0) is 0 Å². The number of nitrogens with zero attached hydrogens (tertiary/aromatic N) is 1. The van der Waals surface area contributed by atoms with Crippen LogP contribution in [0, 0.1) is 0 Å². The Bertz CT molecular complexity index is 556. The maximum Gasteiger partial charge on any atom is 0.0797 e. The van der Waals surface area contributed by atoms with E-state index < -0.39 is 0 Å². The minimum atomic E-state index is 0.00344. The Balaban J connectivity index is 2.27. The lowest BCUT2D eigenvalue weighted by Crippen LogP contribution is -2.39. The standard InChI is InChI=1S/C14H13Cl4N/c1-14(2,3)19-6-4-5-7(19)9-8(6)10(15)12(17)13(18)11(9)16/h4-7H,1-3H3. The first kappa shape index (κ1) is 14.0. The number of rotatable bonds is 0. The van der Waals surface area contributed by atoms with Crippen LogP contribution < -0.4 is 0 Å². The van der Waals surface area contributed by atoms with Crippen molar-refractivity contribution >= 4 is 46.4 Å². The fraction of sp³-hybridized carbons (Fsp3) is 0.429. The highest BCUT2D eigenvalue weighted by Gasteiger charge is 2.48. The Hall–Kier alpha value is 0.0800. The van der Waals surface area contributed by atoms with Gasteiger partial charge in [0.2, 0.25) is 0 Å². The molecule has 3 rings (SSSR count). The minimum Gasteiger partial charge on any atom is -0.277 e. The smallest absolute Gasteiger partial charge is 0.0797 e. The molecular formula is C14H13Cl4N. The zero-order valence-corrected chi connectivity index (χ0v) is 13.8. The molecule has 0 saturated heterocycles. The predicted molar refractivity (Wildman–Crippen MR) is 82.7 cm³/mol. The van der Waals surface area contributed by atoms with Gasteiger partial charge in [-0.05, 0) is 20.8 Å². The van der Waals surface area contributed by atoms with Crippen molar-refractivity contribution in [1.29, 1.82) is 0 Å². The van der Waals surface area contributed by atoms with Crippen molar-refractivity contribution in [2.75, 3.05) is 0 Å². The Morgan fingerprint density at radius 1 is 0.789 bits per heavy atom. The molecular weight excluding hydrogens is 324 g/mol. The number of benzene rings is 1. The zero-order valence-electron chi connectivity index (χ0n) is 10.8. The number of hydrogen-bond donors (Lipinski definition) is 0. The van der Waals surface area contributed by atoms with Crippen LogP contribution in [0.25, 0.3) is 0 Å². The summed E-state index contributed by atoms with van der Waals surface area (Å²) in [6, 6.07) is 0.250. The molecule has 5 heteroatoms. The number of halogens is 4. The van der Waals surface area contributed by atoms with Crippen molar-refractivity contribution in [2.45, 2.75) is 38.4 Å². The summed E-state index contributed by atoms with van der Waals surface area (Å²) in [6.07, 6.45) is 4.31. The molecule has 0 saturated carbocycles. The first-order chi connectivity index (χ1) is 8.75. The average molecular weight is 337 g/mol. The monoisotopic (exact) mass is 335 g/mol. The van der Waals surface area contributed by atoms with Crippen molar-refractivity contribution < 1.29 is 0 Å². The number of fused-ring (bicyclic) bond motifs is 5. The van der Waals surface area contributed by atoms with Crippen LogP contribution in [0.2, 0.25) is 20.1 Å². The van der Waals surface area contributed by atoms with Gasteiger partial charge in [-0.15, -0.1) is 0 Å². The van der Waals surface area contributed by atoms with Crippen LogP contribution in [0.15, 0.2) is 12.2 Å². The lowest BCUT2D eigenvalue weighted by Gasteiger charge is -2.36. The van der Waals surface area contributed by atoms with Gasteiger partial charge in [0.1, 0.15) is 0 Å². The van der Waals surface area contributed by atoms with Gasteiger partial charge in [-0.2, -0.15) is 0 Å². The van der Waals surface area contributed by atoms with Gasteiger partial charge in [0.15, 0.2) is 0 Å². The van der Waals surface area contributed by atoms with E-state index >= 15 is 0 Å². The molecule has 2 heterocycles. The third-order valence-electron chi connectivity index (χ3n) is 3.78. The van der Waals surface area contributed by atoms with Gasteiger partial charge in [0.25, 0.3) is 0 Å². The van der Waals surface area contributed by atoms with Gasteiger partial charge in [-0.3, -0.25) is 4.90 Å². The van der Waals surface area contributed by atoms with Gasteiger partial charge in [0, 0.05) is 16.7 Å². The summed E-state index contributed by atoms with van der Waals surface area (Å²) in [7, 11) is 0. The molecule has 0 spiro atoms. The van der Waals surface area contributed by atoms with Crippen molar-refractivity contribution in [2.24, 2.45) is 0 Å². The topological polar surface area (TPSA) is 3.24 Å². The molecule has 19 heavy (non-hydrogen) atoms. The highest BCUT2D eigenvalue weighted by molar-refractivity contribution is 6.52. The Labute approximate surface area is 133 Å². The molecule has 0 radical (unpaired) electrons. The maximum atomic E-state index is 6.39. The molecule has 2 aliphatic rings. The van der Waals surface area contributed by atoms with Crippen molar-refractivity contribution in [3.05, 3.63) is 43.4 Å². The van der Waals surface area contributed by atoms with E-state index in [0.29, 0.717) is 20.1 Å². The summed E-state index contributed by atoms with van der Waals surface area (Å²) in [6.45, 7) is 6.53. The second-order valence-electron chi connectivity index (χ2n) is 5.94. The summed E-state index contributed by atoms with van der Waals surface area (Å²) in [5, 5.41) is 1.75. The average Bonchev–Trinajstić information content (AvgIpc) is 2.88. The van der Waals surface area contributed by atoms with Crippen molar-refractivity contribution in [3.63, 3.8) is 0 Å². The molecule has 2 aliphatic heterocycles. The zero-order chi connectivity index (χ0) is 14.1. The normalized spacial score (nSPS) is 25.2. The van der Waals surface area contributed by atoms with Crippen LogP contribution >= 0.6 is 46.4 Å². The first-order valence-electron chi connectivity index (χ1n) is 6.07. The summed E-state index contributed by atoms with van der Waals surface area (Å²) in [5.74, 6) is 0. The summed E-state index contributed by atoms with van der Waals surface area (Å²) >= 11 is 25.1. The fourth-order valence-electron chi connectivity index (χ4n) is 3.12. The number of hydrogen-bond acceptors (Lipinski definition) is 1. The Morgan fingerprint density at radius 2 is 1.16 bits per heavy atom. The maximum absolute atomic E-state index is 6.39. The summed E-state index contributed by atoms with van der Waals surface area (Å²) < 4.78 is 0. The molecule has 102 valence electrons. The molecule has 0 aliphatic carbocycles. The second kappa shape index (κ2) is 4.29. The van der Waals surface area contributed by atoms with Crippen molar-refractivity contribution in [1.82, 2.24) is 4.90 Å². The molecule has 0 amide bonds. The third kappa shape index (κ3) is 1.79. The van der Waals surface area contributed by atoms with Gasteiger partial charge in [-0.1, -0.05) is 58.6 Å². The Kier molecular flexibility index (Phi) is 3.17. The van der Waals surface area contributed by atoms with E-state index in [1.54, 1.807) is 0 Å². The van der Waals surface area contributed by atoms with E-state index in [1.165, 1.54) is 0 Å². The Morgan fingerprint density at radius 3 is 1.47 bits per heavy atom. The molecule has 0 N–H and O–H groups in total. The largest absolute Gasteiger partial charge is 0.277 e. The molecule has 2 unspecified atom stereocenters. The van der Waals surface area contributed by atoms with Gasteiger partial charge in [0.05, 0.1) is 32.2 Å². The van der Waals surface area contributed by atoms with E-state index in [1.807, 2.05) is 0 Å². The van der Waals surface area contributed by atoms with Gasteiger partial charge in [-0.25, -0.2) is 0 Å². The van der Waals surface area contributed by atoms with Gasteiger partial charge < -0.3 is 0 Å². The minimum absolute atomic E-state index is 0.00344. The lowest BCUT2D eigenvalue weighted by atomic mass is 9.97. The van der Waals surface area contributed by atoms with Crippen LogP contribution in [-0.4, -0.2) is 10.4 Å². The van der Waals surface area contributed by atoms with Gasteiger partial charge >= 0.3 is 0 Å². The third-order valence-corrected chi connectivity index (χ3v) is 5.61. The highest BCUT2D eigenvalue weighted by atomic mass is 35.5. The molecule has 1 nitrogen and oxygen atoms in total. The lowest BCUT2D eigenvalue weighted by molar-refractivity contribution is 0.106. The second-order valence-corrected chi connectivity index (χ2v) is 7.45. The SMILES string of the molecule is CC(C)(C)N1C2C=CC1c1c(Cl)c(Cl)c(Cl)c(Cl)c12. The highest BCUT2D eigenvalue weighted by Crippen LogP contribution is 2.58. The summed E-state index contributed by atoms with van der Waals surface area (Å²) in [4.78, 5) is 2.38. The van der Waals surface area contributed by atoms with E-state index in [4.69, 9.17) is 46.4 Å². The molecule has 2 bridgehead atoms. The van der Waals surface area contributed by atoms with Crippen molar-refractivity contribution in [3.8, 4) is 0 Å². The predicted octanol–water partition coefficient (Wildman–Crippen LogP) is 6.07. The molecule has 0 fully saturated rings. The van der Waals surface area contributed by atoms with Crippen LogP contribution in [0.1, 0.15) is 44.0 Å². The quantitative estimate of drug-likeness (QED) is 0.316. The van der Waals surface area contributed by atoms with Crippen LogP contribution in [0.5, 0.6) is 0 Å². The first-order valence-corrected chi connectivity index (χ1v) is 7.59.